The Morgan fingerprint density at radius 2 is 2.11 bits per heavy atom. The highest BCUT2D eigenvalue weighted by Crippen LogP contribution is 2.17. The van der Waals surface area contributed by atoms with Crippen LogP contribution in [-0.4, -0.2) is 23.2 Å². The Morgan fingerprint density at radius 3 is 2.84 bits per heavy atom. The molecule has 100 valence electrons. The summed E-state index contributed by atoms with van der Waals surface area (Å²) in [7, 11) is 0. The standard InChI is InChI=1S/C16H20N2O/c1-13(12-19)10-17-11-14-5-4-6-15(9-14)16-7-2-3-8-18-16/h2-9,13,17,19H,10-12H2,1H3. The predicted molar refractivity (Wildman–Crippen MR) is 77.6 cm³/mol. The first-order chi connectivity index (χ1) is 9.29. The fraction of sp³-hybridized carbons (Fsp3) is 0.312. The van der Waals surface area contributed by atoms with Crippen LogP contribution in [0.4, 0.5) is 0 Å². The van der Waals surface area contributed by atoms with Gasteiger partial charge in [0.1, 0.15) is 0 Å². The summed E-state index contributed by atoms with van der Waals surface area (Å²) in [5.74, 6) is 0.291. The lowest BCUT2D eigenvalue weighted by Crippen LogP contribution is -2.22. The maximum absolute atomic E-state index is 8.98. The third-order valence-corrected chi connectivity index (χ3v) is 3.02. The van der Waals surface area contributed by atoms with E-state index in [0.29, 0.717) is 5.92 Å². The van der Waals surface area contributed by atoms with Crippen molar-refractivity contribution < 1.29 is 5.11 Å². The topological polar surface area (TPSA) is 45.1 Å². The first-order valence-electron chi connectivity index (χ1n) is 6.61. The summed E-state index contributed by atoms with van der Waals surface area (Å²) >= 11 is 0. The maximum atomic E-state index is 8.98. The van der Waals surface area contributed by atoms with Gasteiger partial charge in [0.25, 0.3) is 0 Å². The minimum atomic E-state index is 0.223. The molecule has 1 atom stereocenters. The molecule has 3 nitrogen and oxygen atoms in total. The van der Waals surface area contributed by atoms with Crippen LogP contribution in [0.2, 0.25) is 0 Å². The van der Waals surface area contributed by atoms with E-state index in [2.05, 4.69) is 34.6 Å². The molecule has 1 heterocycles. The quantitative estimate of drug-likeness (QED) is 0.834. The Balaban J connectivity index is 2.00. The first kappa shape index (κ1) is 13.7. The van der Waals surface area contributed by atoms with E-state index in [0.717, 1.165) is 24.3 Å². The molecule has 1 aromatic heterocycles. The molecule has 19 heavy (non-hydrogen) atoms. The van der Waals surface area contributed by atoms with Gasteiger partial charge in [-0.2, -0.15) is 0 Å². The lowest BCUT2D eigenvalue weighted by atomic mass is 10.1. The van der Waals surface area contributed by atoms with Gasteiger partial charge in [-0.25, -0.2) is 0 Å². The van der Waals surface area contributed by atoms with Crippen molar-refractivity contribution in [1.82, 2.24) is 10.3 Å². The second-order valence-corrected chi connectivity index (χ2v) is 4.83. The van der Waals surface area contributed by atoms with E-state index >= 15 is 0 Å². The number of rotatable bonds is 6. The van der Waals surface area contributed by atoms with Crippen LogP contribution in [0.5, 0.6) is 0 Å². The van der Waals surface area contributed by atoms with Gasteiger partial charge in [-0.3, -0.25) is 4.98 Å². The maximum Gasteiger partial charge on any atom is 0.0702 e. The van der Waals surface area contributed by atoms with Gasteiger partial charge in [0, 0.05) is 31.5 Å². The van der Waals surface area contributed by atoms with Crippen LogP contribution in [0.3, 0.4) is 0 Å². The molecule has 0 aliphatic heterocycles. The van der Waals surface area contributed by atoms with E-state index in [4.69, 9.17) is 5.11 Å². The van der Waals surface area contributed by atoms with E-state index in [-0.39, 0.29) is 6.61 Å². The molecule has 1 aromatic carbocycles. The van der Waals surface area contributed by atoms with Crippen LogP contribution in [-0.2, 0) is 6.54 Å². The van der Waals surface area contributed by atoms with Crippen LogP contribution >= 0.6 is 0 Å². The minimum absolute atomic E-state index is 0.223. The van der Waals surface area contributed by atoms with Crippen molar-refractivity contribution in [1.29, 1.82) is 0 Å². The highest BCUT2D eigenvalue weighted by Gasteiger charge is 2.01. The summed E-state index contributed by atoms with van der Waals surface area (Å²) < 4.78 is 0. The van der Waals surface area contributed by atoms with Crippen molar-refractivity contribution in [2.24, 2.45) is 5.92 Å². The number of aliphatic hydroxyl groups excluding tert-OH is 1. The summed E-state index contributed by atoms with van der Waals surface area (Å²) in [6.45, 7) is 3.88. The van der Waals surface area contributed by atoms with Gasteiger partial charge in [-0.1, -0.05) is 31.2 Å². The zero-order chi connectivity index (χ0) is 13.5. The van der Waals surface area contributed by atoms with Crippen LogP contribution < -0.4 is 5.32 Å². The summed E-state index contributed by atoms with van der Waals surface area (Å²) in [6.07, 6.45) is 1.81. The molecule has 1 unspecified atom stereocenters. The molecule has 0 aliphatic carbocycles. The summed E-state index contributed by atoms with van der Waals surface area (Å²) in [4.78, 5) is 4.36. The molecular formula is C16H20N2O. The lowest BCUT2D eigenvalue weighted by Gasteiger charge is -2.10. The number of nitrogens with zero attached hydrogens (tertiary/aromatic N) is 1. The number of aromatic nitrogens is 1. The largest absolute Gasteiger partial charge is 0.396 e. The van der Waals surface area contributed by atoms with Gasteiger partial charge in [-0.05, 0) is 29.7 Å². The molecule has 0 aliphatic rings. The van der Waals surface area contributed by atoms with Gasteiger partial charge in [0.15, 0.2) is 0 Å². The van der Waals surface area contributed by atoms with Crippen molar-refractivity contribution in [2.45, 2.75) is 13.5 Å². The number of nitrogens with one attached hydrogen (secondary N) is 1. The molecule has 0 fully saturated rings. The SMILES string of the molecule is CC(CO)CNCc1cccc(-c2ccccn2)c1. The van der Waals surface area contributed by atoms with Crippen LogP contribution in [0.1, 0.15) is 12.5 Å². The fourth-order valence-electron chi connectivity index (χ4n) is 1.90. The average Bonchev–Trinajstić information content (AvgIpc) is 2.48. The minimum Gasteiger partial charge on any atom is -0.396 e. The summed E-state index contributed by atoms with van der Waals surface area (Å²) in [5, 5.41) is 12.3. The molecule has 2 rings (SSSR count). The Morgan fingerprint density at radius 1 is 1.21 bits per heavy atom. The highest BCUT2D eigenvalue weighted by atomic mass is 16.3. The number of benzene rings is 1. The first-order valence-corrected chi connectivity index (χ1v) is 6.61. The molecule has 0 saturated heterocycles. The van der Waals surface area contributed by atoms with Gasteiger partial charge >= 0.3 is 0 Å². The van der Waals surface area contributed by atoms with Gasteiger partial charge < -0.3 is 10.4 Å². The average molecular weight is 256 g/mol. The van der Waals surface area contributed by atoms with Crippen LogP contribution in [0.15, 0.2) is 48.7 Å². The molecular weight excluding hydrogens is 236 g/mol. The molecule has 3 heteroatoms. The van der Waals surface area contributed by atoms with E-state index in [1.165, 1.54) is 5.56 Å². The van der Waals surface area contributed by atoms with E-state index in [1.807, 2.05) is 31.3 Å². The van der Waals surface area contributed by atoms with Gasteiger partial charge in [-0.15, -0.1) is 0 Å². The molecule has 2 aromatic rings. The molecule has 2 N–H and O–H groups in total. The third-order valence-electron chi connectivity index (χ3n) is 3.02. The van der Waals surface area contributed by atoms with Gasteiger partial charge in [0.2, 0.25) is 0 Å². The predicted octanol–water partition coefficient (Wildman–Crippen LogP) is 2.47. The van der Waals surface area contributed by atoms with Crippen molar-refractivity contribution in [2.75, 3.05) is 13.2 Å². The summed E-state index contributed by atoms with van der Waals surface area (Å²) in [5.41, 5.74) is 3.36. The molecule has 0 bridgehead atoms. The van der Waals surface area contributed by atoms with Crippen molar-refractivity contribution in [3.8, 4) is 11.3 Å². The Labute approximate surface area is 114 Å². The number of aliphatic hydroxyl groups is 1. The lowest BCUT2D eigenvalue weighted by molar-refractivity contribution is 0.233. The van der Waals surface area contributed by atoms with Crippen molar-refractivity contribution >= 4 is 0 Å². The van der Waals surface area contributed by atoms with Crippen molar-refractivity contribution in [3.63, 3.8) is 0 Å². The zero-order valence-corrected chi connectivity index (χ0v) is 11.2. The Kier molecular flexibility index (Phi) is 5.07. The number of hydrogen-bond acceptors (Lipinski definition) is 3. The molecule has 0 radical (unpaired) electrons. The van der Waals surface area contributed by atoms with E-state index in [9.17, 15) is 0 Å². The number of pyridine rings is 1. The summed E-state index contributed by atoms with van der Waals surface area (Å²) in [6, 6.07) is 14.3. The van der Waals surface area contributed by atoms with Crippen molar-refractivity contribution in [3.05, 3.63) is 54.2 Å². The van der Waals surface area contributed by atoms with E-state index in [1.54, 1.807) is 0 Å². The molecule has 0 saturated carbocycles. The Bertz CT molecular complexity index is 499. The molecule has 0 spiro atoms. The second-order valence-electron chi connectivity index (χ2n) is 4.83. The van der Waals surface area contributed by atoms with Gasteiger partial charge in [0.05, 0.1) is 5.69 Å². The second kappa shape index (κ2) is 7.02. The number of hydrogen-bond donors (Lipinski definition) is 2. The normalized spacial score (nSPS) is 12.3. The molecule has 0 amide bonds. The smallest absolute Gasteiger partial charge is 0.0702 e. The monoisotopic (exact) mass is 256 g/mol. The van der Waals surface area contributed by atoms with E-state index < -0.39 is 0 Å². The van der Waals surface area contributed by atoms with Crippen LogP contribution in [0, 0.1) is 5.92 Å². The highest BCUT2D eigenvalue weighted by molar-refractivity contribution is 5.59. The third kappa shape index (κ3) is 4.16. The zero-order valence-electron chi connectivity index (χ0n) is 11.2. The fourth-order valence-corrected chi connectivity index (χ4v) is 1.90. The van der Waals surface area contributed by atoms with Crippen LogP contribution in [0.25, 0.3) is 11.3 Å². The Hall–Kier alpha value is -1.71.